The van der Waals surface area contributed by atoms with Crippen molar-refractivity contribution in [2.24, 2.45) is 0 Å². The second kappa shape index (κ2) is 5.73. The predicted molar refractivity (Wildman–Crippen MR) is 86.7 cm³/mol. The maximum atomic E-state index is 13.2. The van der Waals surface area contributed by atoms with Gasteiger partial charge >= 0.3 is 0 Å². The minimum Gasteiger partial charge on any atom is -0.325 e. The Bertz CT molecular complexity index is 725. The molecule has 0 bridgehead atoms. The van der Waals surface area contributed by atoms with Crippen molar-refractivity contribution < 1.29 is 9.18 Å². The van der Waals surface area contributed by atoms with Crippen LogP contribution in [0, 0.1) is 12.7 Å². The molecule has 1 saturated carbocycles. The molecular formula is C18H17ClFNO. The van der Waals surface area contributed by atoms with E-state index in [0.717, 1.165) is 24.8 Å². The summed E-state index contributed by atoms with van der Waals surface area (Å²) in [5, 5.41) is 3.58. The first-order valence-corrected chi connectivity index (χ1v) is 7.73. The number of halogens is 2. The number of aryl methyl sites for hydroxylation is 1. The van der Waals surface area contributed by atoms with Gasteiger partial charge in [-0.2, -0.15) is 0 Å². The van der Waals surface area contributed by atoms with Crippen LogP contribution in [0.2, 0.25) is 5.02 Å². The number of hydrogen-bond acceptors (Lipinski definition) is 1. The molecule has 3 rings (SSSR count). The van der Waals surface area contributed by atoms with Gasteiger partial charge in [0.05, 0.1) is 5.41 Å². The van der Waals surface area contributed by atoms with Crippen molar-refractivity contribution in [1.82, 2.24) is 0 Å². The predicted octanol–water partition coefficient (Wildman–Crippen LogP) is 4.85. The Hall–Kier alpha value is -1.87. The number of amides is 1. The number of anilines is 1. The maximum absolute atomic E-state index is 13.2. The quantitative estimate of drug-likeness (QED) is 0.861. The van der Waals surface area contributed by atoms with Crippen LogP contribution in [0.1, 0.15) is 30.4 Å². The Kier molecular flexibility index (Phi) is 3.92. The number of rotatable bonds is 3. The number of nitrogens with one attached hydrogen (secondary N) is 1. The van der Waals surface area contributed by atoms with Crippen LogP contribution in [0.5, 0.6) is 0 Å². The molecular weight excluding hydrogens is 301 g/mol. The van der Waals surface area contributed by atoms with E-state index in [0.29, 0.717) is 16.3 Å². The largest absolute Gasteiger partial charge is 0.325 e. The molecule has 1 aliphatic carbocycles. The normalized spacial score (nSPS) is 16.0. The molecule has 2 aromatic rings. The van der Waals surface area contributed by atoms with Crippen molar-refractivity contribution in [2.75, 3.05) is 5.32 Å². The summed E-state index contributed by atoms with van der Waals surface area (Å²) >= 11 is 6.07. The molecule has 4 heteroatoms. The van der Waals surface area contributed by atoms with Crippen LogP contribution in [0.4, 0.5) is 10.1 Å². The smallest absolute Gasteiger partial charge is 0.235 e. The third kappa shape index (κ3) is 2.61. The molecule has 1 N–H and O–H groups in total. The molecule has 1 aliphatic rings. The van der Waals surface area contributed by atoms with Crippen molar-refractivity contribution in [2.45, 2.75) is 31.6 Å². The standard InChI is InChI=1S/C18H17ClFNO/c1-12-10-15(20)6-7-16(12)21-17(22)18(8-3-9-18)13-4-2-5-14(19)11-13/h2,4-7,10-11H,3,8-9H2,1H3,(H,21,22). The summed E-state index contributed by atoms with van der Waals surface area (Å²) in [6.45, 7) is 1.78. The lowest BCUT2D eigenvalue weighted by Crippen LogP contribution is -2.46. The second-order valence-corrected chi connectivity index (χ2v) is 6.30. The molecule has 0 unspecified atom stereocenters. The molecule has 114 valence electrons. The Morgan fingerprint density at radius 1 is 1.23 bits per heavy atom. The highest BCUT2D eigenvalue weighted by Gasteiger charge is 2.45. The van der Waals surface area contributed by atoms with E-state index in [-0.39, 0.29) is 11.7 Å². The summed E-state index contributed by atoms with van der Waals surface area (Å²) in [7, 11) is 0. The molecule has 0 heterocycles. The first kappa shape index (κ1) is 15.0. The van der Waals surface area contributed by atoms with Crippen LogP contribution < -0.4 is 5.32 Å². The maximum Gasteiger partial charge on any atom is 0.235 e. The van der Waals surface area contributed by atoms with Crippen LogP contribution in [0.25, 0.3) is 0 Å². The highest BCUT2D eigenvalue weighted by Crippen LogP contribution is 2.45. The summed E-state index contributed by atoms with van der Waals surface area (Å²) < 4.78 is 13.2. The van der Waals surface area contributed by atoms with E-state index < -0.39 is 5.41 Å². The number of benzene rings is 2. The van der Waals surface area contributed by atoms with Crippen LogP contribution in [0.15, 0.2) is 42.5 Å². The summed E-state index contributed by atoms with van der Waals surface area (Å²) in [6, 6.07) is 11.9. The van der Waals surface area contributed by atoms with Gasteiger partial charge in [-0.3, -0.25) is 4.79 Å². The molecule has 2 aromatic carbocycles. The average Bonchev–Trinajstić information content (AvgIpc) is 2.41. The minimum absolute atomic E-state index is 0.0456. The van der Waals surface area contributed by atoms with E-state index >= 15 is 0 Å². The van der Waals surface area contributed by atoms with E-state index in [1.165, 1.54) is 12.1 Å². The van der Waals surface area contributed by atoms with Crippen molar-refractivity contribution >= 4 is 23.2 Å². The topological polar surface area (TPSA) is 29.1 Å². The van der Waals surface area contributed by atoms with Crippen molar-refractivity contribution in [3.8, 4) is 0 Å². The van der Waals surface area contributed by atoms with Crippen LogP contribution >= 0.6 is 11.6 Å². The van der Waals surface area contributed by atoms with E-state index in [1.54, 1.807) is 19.1 Å². The van der Waals surface area contributed by atoms with Gasteiger partial charge in [0.1, 0.15) is 5.82 Å². The first-order chi connectivity index (χ1) is 10.5. The minimum atomic E-state index is -0.522. The zero-order valence-electron chi connectivity index (χ0n) is 12.3. The Balaban J connectivity index is 1.89. The molecule has 0 aliphatic heterocycles. The van der Waals surface area contributed by atoms with E-state index in [2.05, 4.69) is 5.32 Å². The molecule has 1 fully saturated rings. The molecule has 22 heavy (non-hydrogen) atoms. The summed E-state index contributed by atoms with van der Waals surface area (Å²) in [4.78, 5) is 12.8. The molecule has 0 radical (unpaired) electrons. The number of carbonyl (C=O) groups is 1. The van der Waals surface area contributed by atoms with Crippen molar-refractivity contribution in [3.63, 3.8) is 0 Å². The molecule has 1 amide bonds. The lowest BCUT2D eigenvalue weighted by molar-refractivity contribution is -0.124. The van der Waals surface area contributed by atoms with Gasteiger partial charge in [0, 0.05) is 10.7 Å². The fourth-order valence-electron chi connectivity index (χ4n) is 2.97. The average molecular weight is 318 g/mol. The Morgan fingerprint density at radius 2 is 2.00 bits per heavy atom. The molecule has 0 aromatic heterocycles. The van der Waals surface area contributed by atoms with Gasteiger partial charge in [-0.1, -0.05) is 30.2 Å². The van der Waals surface area contributed by atoms with Crippen LogP contribution in [-0.2, 0) is 10.2 Å². The van der Waals surface area contributed by atoms with Gasteiger partial charge in [-0.25, -0.2) is 4.39 Å². The van der Waals surface area contributed by atoms with Gasteiger partial charge in [0.15, 0.2) is 0 Å². The Morgan fingerprint density at radius 3 is 2.59 bits per heavy atom. The van der Waals surface area contributed by atoms with Crippen molar-refractivity contribution in [1.29, 1.82) is 0 Å². The molecule has 2 nitrogen and oxygen atoms in total. The van der Waals surface area contributed by atoms with Gasteiger partial charge in [0.2, 0.25) is 5.91 Å². The fraction of sp³-hybridized carbons (Fsp3) is 0.278. The molecule has 0 spiro atoms. The molecule has 0 atom stereocenters. The SMILES string of the molecule is Cc1cc(F)ccc1NC(=O)C1(c2cccc(Cl)c2)CCC1. The third-order valence-electron chi connectivity index (χ3n) is 4.46. The lowest BCUT2D eigenvalue weighted by atomic mass is 9.63. The van der Waals surface area contributed by atoms with Crippen LogP contribution in [-0.4, -0.2) is 5.91 Å². The third-order valence-corrected chi connectivity index (χ3v) is 4.69. The summed E-state index contributed by atoms with van der Waals surface area (Å²) in [5.41, 5.74) is 1.79. The lowest BCUT2D eigenvalue weighted by Gasteiger charge is -2.41. The first-order valence-electron chi connectivity index (χ1n) is 7.35. The van der Waals surface area contributed by atoms with Crippen molar-refractivity contribution in [3.05, 3.63) is 64.4 Å². The van der Waals surface area contributed by atoms with Gasteiger partial charge in [-0.15, -0.1) is 0 Å². The van der Waals surface area contributed by atoms with E-state index in [9.17, 15) is 9.18 Å². The fourth-order valence-corrected chi connectivity index (χ4v) is 3.16. The highest BCUT2D eigenvalue weighted by molar-refractivity contribution is 6.30. The Labute approximate surface area is 134 Å². The zero-order valence-corrected chi connectivity index (χ0v) is 13.1. The zero-order chi connectivity index (χ0) is 15.7. The van der Waals surface area contributed by atoms with Crippen LogP contribution in [0.3, 0.4) is 0 Å². The van der Waals surface area contributed by atoms with Gasteiger partial charge < -0.3 is 5.32 Å². The molecule has 0 saturated heterocycles. The van der Waals surface area contributed by atoms with Gasteiger partial charge in [-0.05, 0) is 61.2 Å². The van der Waals surface area contributed by atoms with E-state index in [4.69, 9.17) is 11.6 Å². The van der Waals surface area contributed by atoms with E-state index in [1.807, 2.05) is 18.2 Å². The second-order valence-electron chi connectivity index (χ2n) is 5.86. The highest BCUT2D eigenvalue weighted by atomic mass is 35.5. The summed E-state index contributed by atoms with van der Waals surface area (Å²) in [6.07, 6.45) is 2.63. The summed E-state index contributed by atoms with van der Waals surface area (Å²) in [5.74, 6) is -0.348. The number of carbonyl (C=O) groups excluding carboxylic acids is 1. The number of hydrogen-bond donors (Lipinski definition) is 1. The monoisotopic (exact) mass is 317 g/mol. The van der Waals surface area contributed by atoms with Gasteiger partial charge in [0.25, 0.3) is 0 Å².